The molecule has 4 rings (SSSR count). The van der Waals surface area contributed by atoms with Crippen LogP contribution >= 0.6 is 0 Å². The molecule has 1 unspecified atom stereocenters. The minimum Gasteiger partial charge on any atom is -0.496 e. The van der Waals surface area contributed by atoms with E-state index in [1.54, 1.807) is 20.3 Å². The Bertz CT molecular complexity index is 1610. The Labute approximate surface area is 293 Å². The highest BCUT2D eigenvalue weighted by Gasteiger charge is 2.32. The van der Waals surface area contributed by atoms with E-state index < -0.39 is 0 Å². The Hall–Kier alpha value is -4.55. The van der Waals surface area contributed by atoms with Crippen LogP contribution in [-0.4, -0.2) is 87.9 Å². The normalized spacial score (nSPS) is 18.2. The third-order valence-electron chi connectivity index (χ3n) is 9.32. The number of nitriles is 1. The third-order valence-corrected chi connectivity index (χ3v) is 9.32. The van der Waals surface area contributed by atoms with E-state index in [9.17, 15) is 14.9 Å². The standard InChI is InChI=1S/C40H53N5O4/c1-28(27-46)29(2)34(25-42(6)7)31-21-37(48-8)35(38(22-31)49-9)26-43-17-19-44(20-18-43)33-14-12-30(13-15-33)36-11-10-16-45(36)39(47)32(24-41)23-40(3,4)5/h12-15,21-23,25,27,36H,10-11,16-20,26H2,1-9H3/b29-28-,32-23+,34-25+. The number of piperazine rings is 1. The molecule has 262 valence electrons. The van der Waals surface area contributed by atoms with Gasteiger partial charge >= 0.3 is 0 Å². The van der Waals surface area contributed by atoms with Gasteiger partial charge in [0.1, 0.15) is 29.4 Å². The number of likely N-dealkylation sites (tertiary alicyclic amines) is 1. The van der Waals surface area contributed by atoms with E-state index in [-0.39, 0.29) is 22.9 Å². The van der Waals surface area contributed by atoms with Crippen molar-refractivity contribution in [1.29, 1.82) is 5.26 Å². The van der Waals surface area contributed by atoms with Gasteiger partial charge in [-0.2, -0.15) is 5.26 Å². The molecule has 9 heteroatoms. The van der Waals surface area contributed by atoms with Crippen molar-refractivity contribution in [3.05, 3.63) is 82.1 Å². The van der Waals surface area contributed by atoms with Crippen LogP contribution in [0.25, 0.3) is 5.57 Å². The van der Waals surface area contributed by atoms with Crippen LogP contribution in [0.15, 0.2) is 65.4 Å². The fourth-order valence-electron chi connectivity index (χ4n) is 6.62. The summed E-state index contributed by atoms with van der Waals surface area (Å²) >= 11 is 0. The van der Waals surface area contributed by atoms with Crippen LogP contribution in [0.1, 0.15) is 70.2 Å². The van der Waals surface area contributed by atoms with Crippen LogP contribution in [-0.2, 0) is 16.1 Å². The molecule has 0 radical (unpaired) electrons. The second-order valence-corrected chi connectivity index (χ2v) is 14.3. The zero-order chi connectivity index (χ0) is 35.9. The van der Waals surface area contributed by atoms with E-state index in [1.807, 2.05) is 76.8 Å². The molecule has 2 aromatic rings. The first kappa shape index (κ1) is 37.3. The fourth-order valence-corrected chi connectivity index (χ4v) is 6.62. The summed E-state index contributed by atoms with van der Waals surface area (Å²) in [5.41, 5.74) is 6.70. The van der Waals surface area contributed by atoms with Crippen molar-refractivity contribution in [1.82, 2.24) is 14.7 Å². The maximum absolute atomic E-state index is 13.3. The quantitative estimate of drug-likeness (QED) is 0.114. The lowest BCUT2D eigenvalue weighted by Gasteiger charge is -2.36. The number of hydrogen-bond donors (Lipinski definition) is 0. The van der Waals surface area contributed by atoms with Crippen LogP contribution in [0.3, 0.4) is 0 Å². The van der Waals surface area contributed by atoms with E-state index in [0.717, 1.165) is 84.6 Å². The Balaban J connectivity index is 1.46. The van der Waals surface area contributed by atoms with Gasteiger partial charge in [-0.15, -0.1) is 0 Å². The molecule has 0 spiro atoms. The van der Waals surface area contributed by atoms with E-state index in [0.29, 0.717) is 18.7 Å². The smallest absolute Gasteiger partial charge is 0.264 e. The summed E-state index contributed by atoms with van der Waals surface area (Å²) in [4.78, 5) is 33.6. The van der Waals surface area contributed by atoms with E-state index >= 15 is 0 Å². The summed E-state index contributed by atoms with van der Waals surface area (Å²) in [5.74, 6) is 1.33. The van der Waals surface area contributed by atoms with Gasteiger partial charge in [-0.3, -0.25) is 14.5 Å². The Morgan fingerprint density at radius 2 is 1.61 bits per heavy atom. The molecule has 2 aliphatic rings. The monoisotopic (exact) mass is 667 g/mol. The molecule has 2 saturated heterocycles. The molecular weight excluding hydrogens is 614 g/mol. The third kappa shape index (κ3) is 9.12. The number of benzene rings is 2. The van der Waals surface area contributed by atoms with E-state index in [4.69, 9.17) is 9.47 Å². The summed E-state index contributed by atoms with van der Waals surface area (Å²) < 4.78 is 11.8. The molecule has 0 aliphatic carbocycles. The topological polar surface area (TPSA) is 89.3 Å². The minimum absolute atomic E-state index is 0.0186. The number of nitrogens with zero attached hydrogens (tertiary/aromatic N) is 5. The maximum atomic E-state index is 13.3. The number of amides is 1. The molecule has 0 bridgehead atoms. The van der Waals surface area contributed by atoms with Gasteiger partial charge in [0, 0.05) is 70.8 Å². The van der Waals surface area contributed by atoms with Crippen LogP contribution in [0.5, 0.6) is 11.5 Å². The second-order valence-electron chi connectivity index (χ2n) is 14.3. The molecule has 2 fully saturated rings. The number of rotatable bonds is 11. The number of methoxy groups -OCH3 is 2. The minimum atomic E-state index is -0.244. The summed E-state index contributed by atoms with van der Waals surface area (Å²) in [7, 11) is 7.30. The molecule has 1 amide bonds. The van der Waals surface area contributed by atoms with Gasteiger partial charge < -0.3 is 24.2 Å². The summed E-state index contributed by atoms with van der Waals surface area (Å²) in [6.45, 7) is 14.7. The number of carbonyl (C=O) groups is 2. The van der Waals surface area contributed by atoms with Gasteiger partial charge in [0.25, 0.3) is 5.91 Å². The zero-order valence-electron chi connectivity index (χ0n) is 30.8. The van der Waals surface area contributed by atoms with Gasteiger partial charge in [0.05, 0.1) is 25.8 Å². The van der Waals surface area contributed by atoms with Crippen molar-refractivity contribution in [2.45, 2.75) is 60.0 Å². The molecule has 49 heavy (non-hydrogen) atoms. The largest absolute Gasteiger partial charge is 0.496 e. The Morgan fingerprint density at radius 1 is 1.00 bits per heavy atom. The number of carbonyl (C=O) groups excluding carboxylic acids is 2. The predicted molar refractivity (Wildman–Crippen MR) is 196 cm³/mol. The maximum Gasteiger partial charge on any atom is 0.264 e. The number of allylic oxidation sites excluding steroid dienone is 4. The van der Waals surface area contributed by atoms with E-state index in [1.165, 1.54) is 5.69 Å². The first-order valence-electron chi connectivity index (χ1n) is 17.1. The number of hydrogen-bond acceptors (Lipinski definition) is 8. The van der Waals surface area contributed by atoms with Crippen LogP contribution in [0, 0.1) is 16.7 Å². The molecule has 9 nitrogen and oxygen atoms in total. The van der Waals surface area contributed by atoms with Gasteiger partial charge in [-0.25, -0.2) is 0 Å². The van der Waals surface area contributed by atoms with Crippen LogP contribution in [0.2, 0.25) is 0 Å². The van der Waals surface area contributed by atoms with E-state index in [2.05, 4.69) is 40.1 Å². The lowest BCUT2D eigenvalue weighted by Crippen LogP contribution is -2.46. The highest BCUT2D eigenvalue weighted by molar-refractivity contribution is 5.97. The molecule has 2 aliphatic heterocycles. The Kier molecular flexibility index (Phi) is 12.3. The summed E-state index contributed by atoms with van der Waals surface area (Å²) in [6, 6.07) is 14.8. The molecule has 1 atom stereocenters. The average Bonchev–Trinajstić information content (AvgIpc) is 3.58. The number of ether oxygens (including phenoxy) is 2. The van der Waals surface area contributed by atoms with Gasteiger partial charge in [-0.1, -0.05) is 39.0 Å². The SMILES string of the molecule is COc1cc(C(=C/N(C)C)/C(C)=C(/C)C=O)cc(OC)c1CN1CCN(c2ccc(C3CCCN3C(=O)/C(C#N)=C/C(C)(C)C)cc2)CC1. The molecule has 2 heterocycles. The van der Waals surface area contributed by atoms with Gasteiger partial charge in [-0.05, 0) is 78.6 Å². The molecule has 2 aromatic carbocycles. The summed E-state index contributed by atoms with van der Waals surface area (Å²) in [6.07, 6.45) is 6.51. The highest BCUT2D eigenvalue weighted by atomic mass is 16.5. The zero-order valence-corrected chi connectivity index (χ0v) is 30.8. The van der Waals surface area contributed by atoms with Crippen molar-refractivity contribution in [2.75, 3.05) is 65.9 Å². The second kappa shape index (κ2) is 16.2. The molecule has 0 aromatic heterocycles. The highest BCUT2D eigenvalue weighted by Crippen LogP contribution is 2.38. The molecule has 0 N–H and O–H groups in total. The lowest BCUT2D eigenvalue weighted by molar-refractivity contribution is -0.127. The summed E-state index contributed by atoms with van der Waals surface area (Å²) in [5, 5.41) is 9.71. The average molecular weight is 668 g/mol. The lowest BCUT2D eigenvalue weighted by atomic mass is 9.93. The van der Waals surface area contributed by atoms with Gasteiger partial charge in [0.2, 0.25) is 0 Å². The predicted octanol–water partition coefficient (Wildman–Crippen LogP) is 6.62. The van der Waals surface area contributed by atoms with Crippen molar-refractivity contribution < 1.29 is 19.1 Å². The van der Waals surface area contributed by atoms with Crippen molar-refractivity contribution in [2.24, 2.45) is 5.41 Å². The first-order valence-corrected chi connectivity index (χ1v) is 17.1. The number of aldehydes is 1. The molecule has 0 saturated carbocycles. The van der Waals surface area contributed by atoms with Crippen molar-refractivity contribution in [3.63, 3.8) is 0 Å². The van der Waals surface area contributed by atoms with Gasteiger partial charge in [0.15, 0.2) is 0 Å². The molecular formula is C40H53N5O4. The van der Waals surface area contributed by atoms with Crippen molar-refractivity contribution >= 4 is 23.5 Å². The Morgan fingerprint density at radius 3 is 2.12 bits per heavy atom. The van der Waals surface area contributed by atoms with Crippen LogP contribution < -0.4 is 14.4 Å². The number of anilines is 1. The first-order chi connectivity index (χ1) is 23.3. The van der Waals surface area contributed by atoms with Crippen LogP contribution in [0.4, 0.5) is 5.69 Å². The fraction of sp³-hybridized carbons (Fsp3) is 0.475. The van der Waals surface area contributed by atoms with Crippen molar-refractivity contribution in [3.8, 4) is 17.6 Å².